The van der Waals surface area contributed by atoms with Gasteiger partial charge in [0.15, 0.2) is 0 Å². The molecule has 1 aliphatic carbocycles. The van der Waals surface area contributed by atoms with Crippen LogP contribution in [0.15, 0.2) is 0 Å². The Labute approximate surface area is 127 Å². The summed E-state index contributed by atoms with van der Waals surface area (Å²) in [7, 11) is 0. The number of piperidine rings is 1. The van der Waals surface area contributed by atoms with Gasteiger partial charge in [-0.2, -0.15) is 0 Å². The number of hydrogen-bond donors (Lipinski definition) is 1. The molecule has 21 heavy (non-hydrogen) atoms. The number of likely N-dealkylation sites (tertiary alicyclic amines) is 1. The zero-order valence-electron chi connectivity index (χ0n) is 13.3. The maximum atomic E-state index is 11.3. The van der Waals surface area contributed by atoms with E-state index in [2.05, 4.69) is 4.90 Å². The SMILES string of the molecule is CC1(C(=O)O)CCN(CC2CCC3(CCCCC3)O2)CC1. The van der Waals surface area contributed by atoms with Gasteiger partial charge >= 0.3 is 5.97 Å². The van der Waals surface area contributed by atoms with Crippen molar-refractivity contribution in [1.29, 1.82) is 0 Å². The standard InChI is InChI=1S/C17H29NO3/c1-16(15(19)20)9-11-18(12-10-16)13-14-5-8-17(21-14)6-3-2-4-7-17/h14H,2-13H2,1H3,(H,19,20). The lowest BCUT2D eigenvalue weighted by Crippen LogP contribution is -2.45. The molecule has 3 rings (SSSR count). The van der Waals surface area contributed by atoms with E-state index in [1.807, 2.05) is 6.92 Å². The van der Waals surface area contributed by atoms with Crippen molar-refractivity contribution in [3.8, 4) is 0 Å². The lowest BCUT2D eigenvalue weighted by Gasteiger charge is -2.38. The number of carboxylic acids is 1. The zero-order valence-corrected chi connectivity index (χ0v) is 13.3. The number of aliphatic carboxylic acids is 1. The fourth-order valence-electron chi connectivity index (χ4n) is 4.32. The second-order valence-electron chi connectivity index (χ2n) is 7.69. The maximum Gasteiger partial charge on any atom is 0.309 e. The molecular weight excluding hydrogens is 266 g/mol. The summed E-state index contributed by atoms with van der Waals surface area (Å²) >= 11 is 0. The van der Waals surface area contributed by atoms with Crippen molar-refractivity contribution in [2.75, 3.05) is 19.6 Å². The van der Waals surface area contributed by atoms with Crippen LogP contribution in [0.5, 0.6) is 0 Å². The molecule has 1 atom stereocenters. The number of carbonyl (C=O) groups is 1. The first-order chi connectivity index (χ1) is 10.0. The second-order valence-corrected chi connectivity index (χ2v) is 7.69. The third-order valence-corrected chi connectivity index (χ3v) is 6.04. The molecule has 2 heterocycles. The summed E-state index contributed by atoms with van der Waals surface area (Å²) in [5.41, 5.74) is -0.314. The Balaban J connectivity index is 1.47. The molecule has 3 fully saturated rings. The minimum Gasteiger partial charge on any atom is -0.481 e. The van der Waals surface area contributed by atoms with Crippen LogP contribution in [-0.2, 0) is 9.53 Å². The van der Waals surface area contributed by atoms with Gasteiger partial charge in [-0.15, -0.1) is 0 Å². The molecule has 0 aromatic rings. The van der Waals surface area contributed by atoms with Crippen LogP contribution < -0.4 is 0 Å². The van der Waals surface area contributed by atoms with E-state index in [1.165, 1.54) is 44.9 Å². The molecule has 3 aliphatic rings. The highest BCUT2D eigenvalue weighted by Crippen LogP contribution is 2.42. The van der Waals surface area contributed by atoms with Crippen molar-refractivity contribution < 1.29 is 14.6 Å². The molecule has 0 aromatic heterocycles. The summed E-state index contributed by atoms with van der Waals surface area (Å²) in [6.45, 7) is 4.68. The van der Waals surface area contributed by atoms with Crippen LogP contribution in [0.3, 0.4) is 0 Å². The van der Waals surface area contributed by atoms with Crippen LogP contribution in [0.2, 0.25) is 0 Å². The first kappa shape index (κ1) is 15.3. The Bertz CT molecular complexity index is 381. The average Bonchev–Trinajstić information content (AvgIpc) is 2.85. The van der Waals surface area contributed by atoms with Gasteiger partial charge in [0.25, 0.3) is 0 Å². The highest BCUT2D eigenvalue weighted by Gasteiger charge is 2.42. The van der Waals surface area contributed by atoms with E-state index in [9.17, 15) is 9.90 Å². The van der Waals surface area contributed by atoms with Gasteiger partial charge in [-0.1, -0.05) is 19.3 Å². The van der Waals surface area contributed by atoms with Crippen molar-refractivity contribution in [3.63, 3.8) is 0 Å². The largest absolute Gasteiger partial charge is 0.481 e. The molecular formula is C17H29NO3. The van der Waals surface area contributed by atoms with Crippen molar-refractivity contribution in [2.24, 2.45) is 5.41 Å². The van der Waals surface area contributed by atoms with Crippen LogP contribution in [0, 0.1) is 5.41 Å². The third kappa shape index (κ3) is 3.26. The molecule has 120 valence electrons. The summed E-state index contributed by atoms with van der Waals surface area (Å²) in [5.74, 6) is -0.638. The number of hydrogen-bond acceptors (Lipinski definition) is 3. The van der Waals surface area contributed by atoms with Crippen molar-refractivity contribution in [1.82, 2.24) is 4.90 Å². The zero-order chi connectivity index (χ0) is 14.9. The molecule has 4 nitrogen and oxygen atoms in total. The lowest BCUT2D eigenvalue weighted by atomic mass is 9.80. The number of nitrogens with zero attached hydrogens (tertiary/aromatic N) is 1. The van der Waals surface area contributed by atoms with Crippen LogP contribution in [0.4, 0.5) is 0 Å². The van der Waals surface area contributed by atoms with E-state index in [0.29, 0.717) is 6.10 Å². The topological polar surface area (TPSA) is 49.8 Å². The predicted molar refractivity (Wildman–Crippen MR) is 81.3 cm³/mol. The van der Waals surface area contributed by atoms with Gasteiger partial charge < -0.3 is 14.7 Å². The molecule has 1 spiro atoms. The lowest BCUT2D eigenvalue weighted by molar-refractivity contribution is -0.151. The normalized spacial score (nSPS) is 32.3. The quantitative estimate of drug-likeness (QED) is 0.869. The Morgan fingerprint density at radius 3 is 2.43 bits per heavy atom. The molecule has 1 unspecified atom stereocenters. The minimum atomic E-state index is -0.638. The fraction of sp³-hybridized carbons (Fsp3) is 0.941. The van der Waals surface area contributed by atoms with Crippen LogP contribution in [0.25, 0.3) is 0 Å². The van der Waals surface area contributed by atoms with E-state index >= 15 is 0 Å². The summed E-state index contributed by atoms with van der Waals surface area (Å²) < 4.78 is 6.43. The number of ether oxygens (including phenoxy) is 1. The van der Waals surface area contributed by atoms with Gasteiger partial charge in [0, 0.05) is 6.54 Å². The Kier molecular flexibility index (Phi) is 4.28. The van der Waals surface area contributed by atoms with E-state index in [-0.39, 0.29) is 5.60 Å². The molecule has 0 radical (unpaired) electrons. The smallest absolute Gasteiger partial charge is 0.309 e. The minimum absolute atomic E-state index is 0.203. The summed E-state index contributed by atoms with van der Waals surface area (Å²) in [5, 5.41) is 9.29. The van der Waals surface area contributed by atoms with E-state index < -0.39 is 11.4 Å². The summed E-state index contributed by atoms with van der Waals surface area (Å²) in [6, 6.07) is 0. The van der Waals surface area contributed by atoms with E-state index in [4.69, 9.17) is 4.74 Å². The maximum absolute atomic E-state index is 11.3. The molecule has 1 saturated carbocycles. The summed E-state index contributed by atoms with van der Waals surface area (Å²) in [4.78, 5) is 13.7. The molecule has 1 N–H and O–H groups in total. The Morgan fingerprint density at radius 1 is 1.14 bits per heavy atom. The van der Waals surface area contributed by atoms with Gasteiger partial charge in [0.1, 0.15) is 0 Å². The first-order valence-corrected chi connectivity index (χ1v) is 8.65. The van der Waals surface area contributed by atoms with Gasteiger partial charge in [-0.25, -0.2) is 0 Å². The van der Waals surface area contributed by atoms with Crippen LogP contribution in [-0.4, -0.2) is 47.3 Å². The van der Waals surface area contributed by atoms with Gasteiger partial charge in [-0.05, 0) is 58.5 Å². The first-order valence-electron chi connectivity index (χ1n) is 8.65. The van der Waals surface area contributed by atoms with Crippen LogP contribution in [0.1, 0.15) is 64.7 Å². The third-order valence-electron chi connectivity index (χ3n) is 6.04. The van der Waals surface area contributed by atoms with Gasteiger partial charge in [-0.3, -0.25) is 4.79 Å². The van der Waals surface area contributed by atoms with Crippen molar-refractivity contribution in [2.45, 2.75) is 76.4 Å². The highest BCUT2D eigenvalue weighted by atomic mass is 16.5. The van der Waals surface area contributed by atoms with Crippen LogP contribution >= 0.6 is 0 Å². The highest BCUT2D eigenvalue weighted by molar-refractivity contribution is 5.74. The van der Waals surface area contributed by atoms with Gasteiger partial charge in [0.2, 0.25) is 0 Å². The fourth-order valence-corrected chi connectivity index (χ4v) is 4.32. The molecule has 4 heteroatoms. The predicted octanol–water partition coefficient (Wildman–Crippen LogP) is 3.06. The Hall–Kier alpha value is -0.610. The second kappa shape index (κ2) is 5.88. The van der Waals surface area contributed by atoms with Crippen molar-refractivity contribution in [3.05, 3.63) is 0 Å². The molecule has 2 aliphatic heterocycles. The average molecular weight is 295 g/mol. The number of rotatable bonds is 3. The summed E-state index contributed by atoms with van der Waals surface area (Å²) in [6.07, 6.45) is 10.8. The molecule has 0 amide bonds. The molecule has 2 saturated heterocycles. The molecule has 0 bridgehead atoms. The number of carboxylic acid groups (broad SMARTS) is 1. The Morgan fingerprint density at radius 2 is 1.81 bits per heavy atom. The monoisotopic (exact) mass is 295 g/mol. The van der Waals surface area contributed by atoms with Crippen molar-refractivity contribution >= 4 is 5.97 Å². The molecule has 0 aromatic carbocycles. The van der Waals surface area contributed by atoms with E-state index in [1.54, 1.807) is 0 Å². The van der Waals surface area contributed by atoms with E-state index in [0.717, 1.165) is 32.5 Å². The van der Waals surface area contributed by atoms with Gasteiger partial charge in [0.05, 0.1) is 17.1 Å².